The summed E-state index contributed by atoms with van der Waals surface area (Å²) in [6.07, 6.45) is 0. The third kappa shape index (κ3) is 2.00. The molecule has 0 aliphatic rings. The van der Waals surface area contributed by atoms with Gasteiger partial charge in [0.15, 0.2) is 11.6 Å². The zero-order chi connectivity index (χ0) is 13.4. The molecule has 0 radical (unpaired) electrons. The Bertz CT molecular complexity index is 774. The number of hydrogen-bond acceptors (Lipinski definition) is 3. The Kier molecular flexibility index (Phi) is 2.80. The molecule has 3 rings (SSSR count). The second-order valence-corrected chi connectivity index (χ2v) is 4.46. The van der Waals surface area contributed by atoms with Crippen molar-refractivity contribution < 1.29 is 4.39 Å². The minimum atomic E-state index is -0.543. The molecule has 0 fully saturated rings. The summed E-state index contributed by atoms with van der Waals surface area (Å²) in [4.78, 5) is 8.46. The van der Waals surface area contributed by atoms with Crippen LogP contribution in [0.1, 0.15) is 0 Å². The Morgan fingerprint density at radius 2 is 1.79 bits per heavy atom. The molecule has 0 unspecified atom stereocenters. The van der Waals surface area contributed by atoms with Crippen molar-refractivity contribution in [2.45, 2.75) is 0 Å². The number of aromatic nitrogens is 2. The van der Waals surface area contributed by atoms with Crippen LogP contribution in [0, 0.1) is 5.82 Å². The topological polar surface area (TPSA) is 51.8 Å². The lowest BCUT2D eigenvalue weighted by Crippen LogP contribution is -1.99. The van der Waals surface area contributed by atoms with Crippen molar-refractivity contribution in [3.8, 4) is 11.4 Å². The molecule has 19 heavy (non-hydrogen) atoms. The lowest BCUT2D eigenvalue weighted by Gasteiger charge is -2.06. The second-order valence-electron chi connectivity index (χ2n) is 4.05. The largest absolute Gasteiger partial charge is 0.383 e. The highest BCUT2D eigenvalue weighted by atomic mass is 35.5. The van der Waals surface area contributed by atoms with Gasteiger partial charge in [-0.1, -0.05) is 29.8 Å². The molecule has 0 spiro atoms. The van der Waals surface area contributed by atoms with Crippen LogP contribution in [-0.2, 0) is 0 Å². The first kappa shape index (κ1) is 11.9. The maximum Gasteiger partial charge on any atom is 0.165 e. The molecule has 0 aliphatic heterocycles. The number of benzene rings is 2. The number of halogens is 2. The minimum Gasteiger partial charge on any atom is -0.383 e. The number of nitrogens with zero attached hydrogens (tertiary/aromatic N) is 2. The van der Waals surface area contributed by atoms with Crippen LogP contribution < -0.4 is 5.73 Å². The SMILES string of the molecule is Nc1nc(-c2cccc(Cl)c2F)nc2ccccc12. The van der Waals surface area contributed by atoms with E-state index in [-0.39, 0.29) is 16.4 Å². The number of nitrogens with two attached hydrogens (primary N) is 1. The number of anilines is 1. The van der Waals surface area contributed by atoms with E-state index in [0.717, 1.165) is 5.39 Å². The predicted octanol–water partition coefficient (Wildman–Crippen LogP) is 3.67. The molecule has 0 aliphatic carbocycles. The molecular formula is C14H9ClFN3. The van der Waals surface area contributed by atoms with Crippen molar-refractivity contribution in [3.63, 3.8) is 0 Å². The summed E-state index contributed by atoms with van der Waals surface area (Å²) >= 11 is 5.76. The van der Waals surface area contributed by atoms with Gasteiger partial charge < -0.3 is 5.73 Å². The monoisotopic (exact) mass is 273 g/mol. The van der Waals surface area contributed by atoms with E-state index in [1.165, 1.54) is 6.07 Å². The molecule has 1 aromatic heterocycles. The summed E-state index contributed by atoms with van der Waals surface area (Å²) in [5.41, 5.74) is 6.79. The first-order valence-electron chi connectivity index (χ1n) is 5.63. The Morgan fingerprint density at radius 1 is 1.00 bits per heavy atom. The molecule has 5 heteroatoms. The second kappa shape index (κ2) is 4.48. The van der Waals surface area contributed by atoms with Crippen LogP contribution in [-0.4, -0.2) is 9.97 Å². The summed E-state index contributed by atoms with van der Waals surface area (Å²) in [5, 5.41) is 0.779. The zero-order valence-electron chi connectivity index (χ0n) is 9.77. The normalized spacial score (nSPS) is 10.8. The fraction of sp³-hybridized carbons (Fsp3) is 0. The maximum atomic E-state index is 14.0. The Labute approximate surface area is 113 Å². The van der Waals surface area contributed by atoms with Crippen LogP contribution in [0.5, 0.6) is 0 Å². The maximum absolute atomic E-state index is 14.0. The van der Waals surface area contributed by atoms with E-state index in [2.05, 4.69) is 9.97 Å². The minimum absolute atomic E-state index is 0.0350. The highest BCUT2D eigenvalue weighted by molar-refractivity contribution is 6.31. The molecule has 1 heterocycles. The molecule has 3 aromatic rings. The highest BCUT2D eigenvalue weighted by Gasteiger charge is 2.13. The van der Waals surface area contributed by atoms with Crippen molar-refractivity contribution in [2.75, 3.05) is 5.73 Å². The van der Waals surface area contributed by atoms with Gasteiger partial charge in [0.2, 0.25) is 0 Å². The van der Waals surface area contributed by atoms with Gasteiger partial charge in [-0.3, -0.25) is 0 Å². The van der Waals surface area contributed by atoms with Crippen molar-refractivity contribution in [1.29, 1.82) is 0 Å². The molecule has 0 amide bonds. The predicted molar refractivity (Wildman–Crippen MR) is 74.4 cm³/mol. The van der Waals surface area contributed by atoms with Crippen molar-refractivity contribution in [2.24, 2.45) is 0 Å². The molecule has 3 nitrogen and oxygen atoms in total. The Hall–Kier alpha value is -2.20. The summed E-state index contributed by atoms with van der Waals surface area (Å²) in [6, 6.07) is 12.0. The van der Waals surface area contributed by atoms with Gasteiger partial charge in [0.05, 0.1) is 16.1 Å². The third-order valence-electron chi connectivity index (χ3n) is 2.83. The average molecular weight is 274 g/mol. The van der Waals surface area contributed by atoms with Gasteiger partial charge in [0.25, 0.3) is 0 Å². The van der Waals surface area contributed by atoms with E-state index >= 15 is 0 Å². The molecule has 0 saturated heterocycles. The van der Waals surface area contributed by atoms with Crippen molar-refractivity contribution in [1.82, 2.24) is 9.97 Å². The standard InChI is InChI=1S/C14H9ClFN3/c15-10-6-3-5-9(12(10)16)14-18-11-7-2-1-4-8(11)13(17)19-14/h1-7H,(H2,17,18,19). The van der Waals surface area contributed by atoms with Crippen molar-refractivity contribution >= 4 is 28.3 Å². The summed E-state index contributed by atoms with van der Waals surface area (Å²) in [6.45, 7) is 0. The van der Waals surface area contributed by atoms with E-state index in [9.17, 15) is 4.39 Å². The number of rotatable bonds is 1. The fourth-order valence-electron chi connectivity index (χ4n) is 1.90. The number of para-hydroxylation sites is 1. The Balaban J connectivity index is 2.29. The molecule has 2 aromatic carbocycles. The van der Waals surface area contributed by atoms with Gasteiger partial charge >= 0.3 is 0 Å². The van der Waals surface area contributed by atoms with Gasteiger partial charge in [-0.25, -0.2) is 14.4 Å². The lowest BCUT2D eigenvalue weighted by atomic mass is 10.1. The van der Waals surface area contributed by atoms with Crippen LogP contribution in [0.3, 0.4) is 0 Å². The van der Waals surface area contributed by atoms with Gasteiger partial charge in [-0.15, -0.1) is 0 Å². The molecule has 94 valence electrons. The Morgan fingerprint density at radius 3 is 2.63 bits per heavy atom. The smallest absolute Gasteiger partial charge is 0.165 e. The van der Waals surface area contributed by atoms with Crippen LogP contribution in [0.2, 0.25) is 5.02 Å². The highest BCUT2D eigenvalue weighted by Crippen LogP contribution is 2.27. The summed E-state index contributed by atoms with van der Waals surface area (Å²) in [5.74, 6) is 0.00928. The number of fused-ring (bicyclic) bond motifs is 1. The van der Waals surface area contributed by atoms with E-state index in [0.29, 0.717) is 11.3 Å². The van der Waals surface area contributed by atoms with Gasteiger partial charge in [-0.05, 0) is 24.3 Å². The molecule has 0 saturated carbocycles. The average Bonchev–Trinajstić information content (AvgIpc) is 2.42. The molecule has 0 atom stereocenters. The van der Waals surface area contributed by atoms with Gasteiger partial charge in [0, 0.05) is 5.39 Å². The van der Waals surface area contributed by atoms with E-state index < -0.39 is 5.82 Å². The van der Waals surface area contributed by atoms with Crippen LogP contribution in [0.25, 0.3) is 22.3 Å². The molecular weight excluding hydrogens is 265 g/mol. The van der Waals surface area contributed by atoms with E-state index in [1.807, 2.05) is 18.2 Å². The van der Waals surface area contributed by atoms with Crippen LogP contribution in [0.15, 0.2) is 42.5 Å². The summed E-state index contributed by atoms with van der Waals surface area (Å²) < 4.78 is 14.0. The van der Waals surface area contributed by atoms with E-state index in [4.69, 9.17) is 17.3 Å². The van der Waals surface area contributed by atoms with Crippen molar-refractivity contribution in [3.05, 3.63) is 53.3 Å². The summed E-state index contributed by atoms with van der Waals surface area (Å²) in [7, 11) is 0. The van der Waals surface area contributed by atoms with Gasteiger partial charge in [0.1, 0.15) is 5.82 Å². The number of nitrogen functional groups attached to an aromatic ring is 1. The zero-order valence-corrected chi connectivity index (χ0v) is 10.5. The lowest BCUT2D eigenvalue weighted by molar-refractivity contribution is 0.630. The number of hydrogen-bond donors (Lipinski definition) is 1. The van der Waals surface area contributed by atoms with E-state index in [1.54, 1.807) is 18.2 Å². The molecule has 2 N–H and O–H groups in total. The third-order valence-corrected chi connectivity index (χ3v) is 3.12. The fourth-order valence-corrected chi connectivity index (χ4v) is 2.07. The van der Waals surface area contributed by atoms with Crippen LogP contribution >= 0.6 is 11.6 Å². The van der Waals surface area contributed by atoms with Crippen LogP contribution in [0.4, 0.5) is 10.2 Å². The first-order valence-corrected chi connectivity index (χ1v) is 6.01. The first-order chi connectivity index (χ1) is 9.16. The quantitative estimate of drug-likeness (QED) is 0.736. The molecule has 0 bridgehead atoms. The van der Waals surface area contributed by atoms with Gasteiger partial charge in [-0.2, -0.15) is 0 Å².